The Morgan fingerprint density at radius 3 is 2.43 bits per heavy atom. The van der Waals surface area contributed by atoms with Crippen LogP contribution in [0.1, 0.15) is 20.3 Å². The molecular weight excluding hydrogens is 190 g/mol. The van der Waals surface area contributed by atoms with Crippen LogP contribution in [0.4, 0.5) is 0 Å². The lowest BCUT2D eigenvalue weighted by Crippen LogP contribution is -2.31. The third-order valence-corrected chi connectivity index (χ3v) is 1.47. The number of hydroxylamine groups is 1. The first-order valence-electron chi connectivity index (χ1n) is 4.23. The van der Waals surface area contributed by atoms with Crippen molar-refractivity contribution in [2.75, 3.05) is 6.61 Å². The molecule has 0 saturated heterocycles. The van der Waals surface area contributed by atoms with E-state index in [1.165, 1.54) is 0 Å². The summed E-state index contributed by atoms with van der Waals surface area (Å²) in [6.45, 7) is 3.48. The van der Waals surface area contributed by atoms with Crippen LogP contribution in [0.25, 0.3) is 0 Å². The van der Waals surface area contributed by atoms with E-state index in [1.54, 1.807) is 19.3 Å². The lowest BCUT2D eigenvalue weighted by Gasteiger charge is -2.10. The number of ether oxygens (including phenoxy) is 1. The van der Waals surface area contributed by atoms with Gasteiger partial charge in [0.15, 0.2) is 5.92 Å². The molecule has 1 atom stereocenters. The molecule has 0 bridgehead atoms. The van der Waals surface area contributed by atoms with E-state index >= 15 is 0 Å². The third kappa shape index (κ3) is 3.88. The fourth-order valence-corrected chi connectivity index (χ4v) is 0.826. The van der Waals surface area contributed by atoms with Crippen molar-refractivity contribution < 1.29 is 24.0 Å². The van der Waals surface area contributed by atoms with Crippen molar-refractivity contribution in [3.05, 3.63) is 0 Å². The molecule has 6 heteroatoms. The predicted molar refractivity (Wildman–Crippen MR) is 45.7 cm³/mol. The highest BCUT2D eigenvalue weighted by atomic mass is 16.7. The van der Waals surface area contributed by atoms with Gasteiger partial charge < -0.3 is 9.57 Å². The van der Waals surface area contributed by atoms with Crippen molar-refractivity contribution >= 4 is 18.3 Å². The minimum Gasteiger partial charge on any atom is -0.465 e. The molecule has 6 nitrogen and oxygen atoms in total. The van der Waals surface area contributed by atoms with Crippen LogP contribution in [-0.2, 0) is 24.0 Å². The van der Waals surface area contributed by atoms with Crippen molar-refractivity contribution in [2.24, 2.45) is 5.92 Å². The summed E-state index contributed by atoms with van der Waals surface area (Å²) in [4.78, 5) is 36.3. The van der Waals surface area contributed by atoms with Crippen molar-refractivity contribution in [1.82, 2.24) is 5.48 Å². The molecule has 0 aromatic heterocycles. The van der Waals surface area contributed by atoms with Gasteiger partial charge in [-0.3, -0.25) is 9.59 Å². The van der Waals surface area contributed by atoms with E-state index in [9.17, 15) is 14.4 Å². The predicted octanol–water partition coefficient (Wildman–Crippen LogP) is -0.220. The molecular formula is C8H13NO5. The summed E-state index contributed by atoms with van der Waals surface area (Å²) in [6.07, 6.45) is 0.466. The molecule has 0 heterocycles. The SMILES string of the molecule is CCOC(=O)C(CC)C(=O)ONC=O. The maximum Gasteiger partial charge on any atom is 0.346 e. The summed E-state index contributed by atoms with van der Waals surface area (Å²) in [5.74, 6) is -2.45. The number of esters is 1. The van der Waals surface area contributed by atoms with Crippen molar-refractivity contribution in [1.29, 1.82) is 0 Å². The maximum absolute atomic E-state index is 11.1. The summed E-state index contributed by atoms with van der Waals surface area (Å²) in [7, 11) is 0. The van der Waals surface area contributed by atoms with Crippen molar-refractivity contribution in [2.45, 2.75) is 20.3 Å². The van der Waals surface area contributed by atoms with Gasteiger partial charge in [-0.25, -0.2) is 4.79 Å². The summed E-state index contributed by atoms with van der Waals surface area (Å²) in [5.41, 5.74) is 1.72. The summed E-state index contributed by atoms with van der Waals surface area (Å²) in [5, 5.41) is 0. The summed E-state index contributed by atoms with van der Waals surface area (Å²) >= 11 is 0. The Hall–Kier alpha value is -1.59. The molecule has 0 fully saturated rings. The van der Waals surface area contributed by atoms with Crippen LogP contribution in [0.3, 0.4) is 0 Å². The second-order valence-corrected chi connectivity index (χ2v) is 2.37. The van der Waals surface area contributed by atoms with E-state index in [-0.39, 0.29) is 19.4 Å². The van der Waals surface area contributed by atoms with Gasteiger partial charge in [-0.15, -0.1) is 0 Å². The van der Waals surface area contributed by atoms with Gasteiger partial charge in [0.25, 0.3) is 0 Å². The van der Waals surface area contributed by atoms with Gasteiger partial charge in [-0.1, -0.05) is 6.92 Å². The largest absolute Gasteiger partial charge is 0.465 e. The van der Waals surface area contributed by atoms with Crippen molar-refractivity contribution in [3.8, 4) is 0 Å². The molecule has 1 unspecified atom stereocenters. The standard InChI is InChI=1S/C8H13NO5/c1-3-6(7(11)13-4-2)8(12)14-9-5-10/h5-6H,3-4H2,1-2H3,(H,9,10). The molecule has 0 aromatic rings. The highest BCUT2D eigenvalue weighted by Gasteiger charge is 2.27. The zero-order valence-corrected chi connectivity index (χ0v) is 8.11. The molecule has 1 amide bonds. The topological polar surface area (TPSA) is 81.7 Å². The van der Waals surface area contributed by atoms with Crippen LogP contribution in [0.2, 0.25) is 0 Å². The summed E-state index contributed by atoms with van der Waals surface area (Å²) in [6, 6.07) is 0. The Bertz CT molecular complexity index is 216. The highest BCUT2D eigenvalue weighted by Crippen LogP contribution is 2.06. The smallest absolute Gasteiger partial charge is 0.346 e. The normalized spacial score (nSPS) is 11.3. The monoisotopic (exact) mass is 203 g/mol. The molecule has 14 heavy (non-hydrogen) atoms. The van der Waals surface area contributed by atoms with Gasteiger partial charge in [-0.2, -0.15) is 5.48 Å². The average molecular weight is 203 g/mol. The van der Waals surface area contributed by atoms with Crippen molar-refractivity contribution in [3.63, 3.8) is 0 Å². The van der Waals surface area contributed by atoms with Gasteiger partial charge in [0.1, 0.15) is 0 Å². The van der Waals surface area contributed by atoms with E-state index in [0.29, 0.717) is 0 Å². The highest BCUT2D eigenvalue weighted by molar-refractivity contribution is 5.94. The van der Waals surface area contributed by atoms with E-state index < -0.39 is 17.9 Å². The zero-order chi connectivity index (χ0) is 11.0. The maximum atomic E-state index is 11.1. The second kappa shape index (κ2) is 6.88. The van der Waals surface area contributed by atoms with Gasteiger partial charge in [0, 0.05) is 0 Å². The molecule has 0 aliphatic carbocycles. The third-order valence-electron chi connectivity index (χ3n) is 1.47. The number of nitrogens with one attached hydrogen (secondary N) is 1. The van der Waals surface area contributed by atoms with E-state index in [2.05, 4.69) is 9.57 Å². The molecule has 0 aliphatic heterocycles. The Labute approximate surface area is 81.5 Å². The Morgan fingerprint density at radius 2 is 2.00 bits per heavy atom. The van der Waals surface area contributed by atoms with Gasteiger partial charge in [0.2, 0.25) is 6.41 Å². The van der Waals surface area contributed by atoms with Crippen LogP contribution in [0, 0.1) is 5.92 Å². The molecule has 0 spiro atoms. The number of hydrogen-bond donors (Lipinski definition) is 1. The lowest BCUT2D eigenvalue weighted by molar-refractivity contribution is -0.168. The number of amides is 1. The first-order valence-corrected chi connectivity index (χ1v) is 4.23. The molecule has 0 aliphatic rings. The van der Waals surface area contributed by atoms with Crippen LogP contribution in [-0.4, -0.2) is 25.0 Å². The Kier molecular flexibility index (Phi) is 6.09. The number of carbonyl (C=O) groups excluding carboxylic acids is 3. The quantitative estimate of drug-likeness (QED) is 0.279. The lowest BCUT2D eigenvalue weighted by atomic mass is 10.1. The number of rotatable bonds is 6. The fourth-order valence-electron chi connectivity index (χ4n) is 0.826. The van der Waals surface area contributed by atoms with E-state index in [1.807, 2.05) is 0 Å². The molecule has 80 valence electrons. The average Bonchev–Trinajstić information content (AvgIpc) is 2.16. The first kappa shape index (κ1) is 12.4. The zero-order valence-electron chi connectivity index (χ0n) is 8.11. The molecule has 0 saturated carbocycles. The van der Waals surface area contributed by atoms with Gasteiger partial charge in [0.05, 0.1) is 6.61 Å². The molecule has 1 N–H and O–H groups in total. The number of carbonyl (C=O) groups is 3. The fraction of sp³-hybridized carbons (Fsp3) is 0.625. The minimum atomic E-state index is -0.984. The van der Waals surface area contributed by atoms with Gasteiger partial charge >= 0.3 is 11.9 Å². The molecule has 0 rings (SSSR count). The van der Waals surface area contributed by atoms with Crippen LogP contribution in [0.5, 0.6) is 0 Å². The Balaban J connectivity index is 4.17. The van der Waals surface area contributed by atoms with Crippen LogP contribution >= 0.6 is 0 Å². The first-order chi connectivity index (χ1) is 6.67. The van der Waals surface area contributed by atoms with E-state index in [4.69, 9.17) is 0 Å². The Morgan fingerprint density at radius 1 is 1.36 bits per heavy atom. The minimum absolute atomic E-state index is 0.198. The summed E-state index contributed by atoms with van der Waals surface area (Å²) < 4.78 is 4.64. The number of hydrogen-bond acceptors (Lipinski definition) is 5. The van der Waals surface area contributed by atoms with E-state index in [0.717, 1.165) is 0 Å². The van der Waals surface area contributed by atoms with Gasteiger partial charge in [-0.05, 0) is 13.3 Å². The molecule has 0 radical (unpaired) electrons. The van der Waals surface area contributed by atoms with Crippen LogP contribution < -0.4 is 5.48 Å². The van der Waals surface area contributed by atoms with Crippen LogP contribution in [0.15, 0.2) is 0 Å². The molecule has 0 aromatic carbocycles. The second-order valence-electron chi connectivity index (χ2n) is 2.37.